The van der Waals surface area contributed by atoms with E-state index in [-0.39, 0.29) is 6.61 Å². The molecule has 2 rings (SSSR count). The summed E-state index contributed by atoms with van der Waals surface area (Å²) >= 11 is 3.40. The Bertz CT molecular complexity index is 656. The predicted octanol–water partition coefficient (Wildman–Crippen LogP) is 2.34. The minimum absolute atomic E-state index is 0.0139. The zero-order valence-electron chi connectivity index (χ0n) is 11.6. The van der Waals surface area contributed by atoms with E-state index < -0.39 is 11.5 Å². The fraction of sp³-hybridized carbons (Fsp3) is 0.462. The molecule has 20 heavy (non-hydrogen) atoms. The quantitative estimate of drug-likeness (QED) is 0.902. The summed E-state index contributed by atoms with van der Waals surface area (Å²) in [5.41, 5.74) is 0.955. The van der Waals surface area contributed by atoms with Crippen molar-refractivity contribution in [2.24, 2.45) is 0 Å². The molecule has 1 aromatic heterocycles. The molecule has 0 aliphatic carbocycles. The maximum Gasteiger partial charge on any atom is 0.335 e. The second-order valence-electron chi connectivity index (χ2n) is 4.80. The monoisotopic (exact) mass is 341 g/mol. The molecule has 0 spiro atoms. The Morgan fingerprint density at radius 1 is 1.50 bits per heavy atom. The molecule has 0 amide bonds. The largest absolute Gasteiger partial charge is 0.479 e. The van der Waals surface area contributed by atoms with Crippen molar-refractivity contribution in [1.82, 2.24) is 15.0 Å². The Morgan fingerprint density at radius 2 is 2.20 bits per heavy atom. The van der Waals surface area contributed by atoms with Crippen molar-refractivity contribution >= 4 is 32.9 Å². The molecule has 0 saturated heterocycles. The van der Waals surface area contributed by atoms with E-state index >= 15 is 0 Å². The molecule has 0 aliphatic rings. The van der Waals surface area contributed by atoms with Gasteiger partial charge in [-0.2, -0.15) is 15.0 Å². The van der Waals surface area contributed by atoms with Crippen LogP contribution in [-0.2, 0) is 15.1 Å². The number of carboxylic acids is 1. The van der Waals surface area contributed by atoms with Crippen LogP contribution in [0, 0.1) is 6.92 Å². The maximum atomic E-state index is 11.6. The van der Waals surface area contributed by atoms with E-state index in [9.17, 15) is 9.90 Å². The van der Waals surface area contributed by atoms with Gasteiger partial charge in [0.15, 0.2) is 5.54 Å². The Balaban J connectivity index is 2.54. The van der Waals surface area contributed by atoms with Gasteiger partial charge in [0.2, 0.25) is 0 Å². The number of carboxylic acid groups (broad SMARTS) is 1. The summed E-state index contributed by atoms with van der Waals surface area (Å²) in [7, 11) is 0. The van der Waals surface area contributed by atoms with Gasteiger partial charge >= 0.3 is 5.97 Å². The summed E-state index contributed by atoms with van der Waals surface area (Å²) in [6, 6.07) is 3.73. The second-order valence-corrected chi connectivity index (χ2v) is 5.71. The van der Waals surface area contributed by atoms with Gasteiger partial charge in [0.05, 0.1) is 6.61 Å². The highest BCUT2D eigenvalue weighted by Gasteiger charge is 2.38. The first-order valence-corrected chi connectivity index (χ1v) is 7.02. The van der Waals surface area contributed by atoms with Crippen molar-refractivity contribution in [3.05, 3.63) is 22.2 Å². The van der Waals surface area contributed by atoms with Crippen LogP contribution in [0.5, 0.6) is 0 Å². The molecule has 0 radical (unpaired) electrons. The lowest BCUT2D eigenvalue weighted by Gasteiger charge is -2.23. The predicted molar refractivity (Wildman–Crippen MR) is 77.7 cm³/mol. The average Bonchev–Trinajstić information content (AvgIpc) is 2.80. The molecule has 2 aromatic rings. The number of aliphatic carboxylic acids is 1. The first-order valence-electron chi connectivity index (χ1n) is 6.23. The SMILES string of the molecule is CCOCC(C)(C(=O)O)n1nc2cc(Br)cc(C)c2n1. The molecule has 6 nitrogen and oxygen atoms in total. The Labute approximate surface area is 124 Å². The lowest BCUT2D eigenvalue weighted by Crippen LogP contribution is -2.44. The van der Waals surface area contributed by atoms with E-state index in [2.05, 4.69) is 26.1 Å². The smallest absolute Gasteiger partial charge is 0.335 e. The fourth-order valence-corrected chi connectivity index (χ4v) is 2.43. The van der Waals surface area contributed by atoms with Gasteiger partial charge < -0.3 is 9.84 Å². The number of rotatable bonds is 5. The van der Waals surface area contributed by atoms with Gasteiger partial charge in [-0.25, -0.2) is 4.79 Å². The van der Waals surface area contributed by atoms with Crippen molar-refractivity contribution in [2.75, 3.05) is 13.2 Å². The topological polar surface area (TPSA) is 77.2 Å². The van der Waals surface area contributed by atoms with Crippen LogP contribution < -0.4 is 0 Å². The van der Waals surface area contributed by atoms with Crippen molar-refractivity contribution in [3.63, 3.8) is 0 Å². The minimum atomic E-state index is -1.33. The van der Waals surface area contributed by atoms with E-state index in [1.54, 1.807) is 6.92 Å². The standard InChI is InChI=1S/C13H16BrN3O3/c1-4-20-7-13(3,12(18)19)17-15-10-6-9(14)5-8(2)11(10)16-17/h5-6H,4,7H2,1-3H3,(H,18,19). The molecule has 7 heteroatoms. The van der Waals surface area contributed by atoms with Crippen LogP contribution >= 0.6 is 15.9 Å². The third-order valence-electron chi connectivity index (χ3n) is 3.13. The molecule has 1 unspecified atom stereocenters. The van der Waals surface area contributed by atoms with Crippen LogP contribution in [0.1, 0.15) is 19.4 Å². The molecular weight excluding hydrogens is 326 g/mol. The number of fused-ring (bicyclic) bond motifs is 1. The molecule has 0 aliphatic heterocycles. The van der Waals surface area contributed by atoms with Crippen LogP contribution in [0.4, 0.5) is 0 Å². The van der Waals surface area contributed by atoms with Crippen LogP contribution in [-0.4, -0.2) is 39.3 Å². The highest BCUT2D eigenvalue weighted by Crippen LogP contribution is 2.24. The summed E-state index contributed by atoms with van der Waals surface area (Å²) in [6.45, 7) is 5.73. The summed E-state index contributed by atoms with van der Waals surface area (Å²) < 4.78 is 6.16. The van der Waals surface area contributed by atoms with Gasteiger partial charge in [0, 0.05) is 11.1 Å². The summed E-state index contributed by atoms with van der Waals surface area (Å²) in [4.78, 5) is 12.8. The van der Waals surface area contributed by atoms with Gasteiger partial charge in [0.25, 0.3) is 0 Å². The van der Waals surface area contributed by atoms with E-state index in [1.807, 2.05) is 26.0 Å². The number of halogens is 1. The first-order chi connectivity index (χ1) is 9.38. The van der Waals surface area contributed by atoms with Crippen molar-refractivity contribution in [2.45, 2.75) is 26.3 Å². The van der Waals surface area contributed by atoms with Gasteiger partial charge in [0.1, 0.15) is 11.0 Å². The van der Waals surface area contributed by atoms with Gasteiger partial charge in [-0.1, -0.05) is 15.9 Å². The zero-order chi connectivity index (χ0) is 14.9. The molecule has 1 atom stereocenters. The number of nitrogens with zero attached hydrogens (tertiary/aromatic N) is 3. The van der Waals surface area contributed by atoms with Gasteiger partial charge in [-0.3, -0.25) is 0 Å². The lowest BCUT2D eigenvalue weighted by molar-refractivity contribution is -0.151. The minimum Gasteiger partial charge on any atom is -0.479 e. The number of carbonyl (C=O) groups is 1. The molecule has 0 saturated carbocycles. The number of benzene rings is 1. The molecule has 108 valence electrons. The maximum absolute atomic E-state index is 11.6. The van der Waals surface area contributed by atoms with Gasteiger partial charge in [-0.05, 0) is 38.5 Å². The summed E-state index contributed by atoms with van der Waals surface area (Å²) in [6.07, 6.45) is 0. The molecule has 0 fully saturated rings. The van der Waals surface area contributed by atoms with Crippen molar-refractivity contribution in [1.29, 1.82) is 0 Å². The molecule has 0 bridgehead atoms. The Kier molecular flexibility index (Phi) is 4.10. The number of aromatic nitrogens is 3. The van der Waals surface area contributed by atoms with Crippen LogP contribution in [0.25, 0.3) is 11.0 Å². The number of ether oxygens (including phenoxy) is 1. The van der Waals surface area contributed by atoms with Gasteiger partial charge in [-0.15, -0.1) is 0 Å². The van der Waals surface area contributed by atoms with E-state index in [1.165, 1.54) is 4.80 Å². The molecule has 1 N–H and O–H groups in total. The molecule has 1 aromatic carbocycles. The van der Waals surface area contributed by atoms with E-state index in [4.69, 9.17) is 4.74 Å². The third kappa shape index (κ3) is 2.55. The van der Waals surface area contributed by atoms with Crippen molar-refractivity contribution in [3.8, 4) is 0 Å². The Morgan fingerprint density at radius 3 is 2.80 bits per heavy atom. The van der Waals surface area contributed by atoms with Crippen LogP contribution in [0.3, 0.4) is 0 Å². The number of hydrogen-bond donors (Lipinski definition) is 1. The molecule has 1 heterocycles. The molecular formula is C13H16BrN3O3. The van der Waals surface area contributed by atoms with Crippen LogP contribution in [0.15, 0.2) is 16.6 Å². The first kappa shape index (κ1) is 14.9. The van der Waals surface area contributed by atoms with Crippen molar-refractivity contribution < 1.29 is 14.6 Å². The highest BCUT2D eigenvalue weighted by molar-refractivity contribution is 9.10. The zero-order valence-corrected chi connectivity index (χ0v) is 13.1. The van der Waals surface area contributed by atoms with E-state index in [0.29, 0.717) is 17.6 Å². The summed E-state index contributed by atoms with van der Waals surface area (Å²) in [5.74, 6) is -1.03. The lowest BCUT2D eigenvalue weighted by atomic mass is 10.1. The number of aryl methyl sites for hydroxylation is 1. The summed E-state index contributed by atoms with van der Waals surface area (Å²) in [5, 5.41) is 18.1. The Hall–Kier alpha value is -1.47. The fourth-order valence-electron chi connectivity index (χ4n) is 1.87. The second kappa shape index (κ2) is 5.49. The van der Waals surface area contributed by atoms with E-state index in [0.717, 1.165) is 10.0 Å². The van der Waals surface area contributed by atoms with Crippen LogP contribution in [0.2, 0.25) is 0 Å². The normalized spacial score (nSPS) is 14.4. The highest BCUT2D eigenvalue weighted by atomic mass is 79.9. The third-order valence-corrected chi connectivity index (χ3v) is 3.59. The average molecular weight is 342 g/mol. The number of hydrogen-bond acceptors (Lipinski definition) is 4.